The maximum Gasteiger partial charge on any atom is 0.387 e. The minimum absolute atomic E-state index is 0.0207. The molecule has 0 aliphatic rings. The van der Waals surface area contributed by atoms with Gasteiger partial charge in [-0.2, -0.15) is 8.78 Å². The molecule has 0 fully saturated rings. The highest BCUT2D eigenvalue weighted by atomic mass is 32.2. The smallest absolute Gasteiger partial charge is 0.387 e. The quantitative estimate of drug-likeness (QED) is 0.285. The van der Waals surface area contributed by atoms with E-state index < -0.39 is 6.61 Å². The van der Waals surface area contributed by atoms with Crippen molar-refractivity contribution >= 4 is 33.6 Å². The molecule has 0 atom stereocenters. The summed E-state index contributed by atoms with van der Waals surface area (Å²) in [5.41, 5.74) is 0.965. The van der Waals surface area contributed by atoms with Crippen LogP contribution in [0.3, 0.4) is 0 Å². The fourth-order valence-electron chi connectivity index (χ4n) is 3.55. The molecule has 7 nitrogen and oxygen atoms in total. The molecule has 0 radical (unpaired) electrons. The largest absolute Gasteiger partial charge is 0.435 e. The molecule has 1 N–H and O–H groups in total. The van der Waals surface area contributed by atoms with Gasteiger partial charge in [0.05, 0.1) is 33.2 Å². The minimum Gasteiger partial charge on any atom is -0.435 e. The van der Waals surface area contributed by atoms with Gasteiger partial charge >= 0.3 is 6.61 Å². The maximum atomic E-state index is 13.3. The Morgan fingerprint density at radius 2 is 1.53 bits per heavy atom. The Hall–Kier alpha value is -4.05. The van der Waals surface area contributed by atoms with Gasteiger partial charge in [-0.3, -0.25) is 14.2 Å². The molecule has 0 aliphatic heterocycles. The molecular formula is C24H16F2N4O3S. The van der Waals surface area contributed by atoms with Crippen molar-refractivity contribution in [2.45, 2.75) is 17.5 Å². The highest BCUT2D eigenvalue weighted by Crippen LogP contribution is 2.25. The predicted octanol–water partition coefficient (Wildman–Crippen LogP) is 4.52. The molecule has 0 aliphatic carbocycles. The number of nitrogens with zero attached hydrogens (tertiary/aromatic N) is 3. The third-order valence-electron chi connectivity index (χ3n) is 5.06. The van der Waals surface area contributed by atoms with Gasteiger partial charge in [-0.15, -0.1) is 0 Å². The SMILES string of the molecule is O=c1[nH]c(CSc2nc3ccccc3c(=O)n2-c2ccc(OC(F)F)cc2)nc2ccccc12. The van der Waals surface area contributed by atoms with E-state index in [0.717, 1.165) is 0 Å². The zero-order valence-electron chi connectivity index (χ0n) is 17.4. The molecule has 34 heavy (non-hydrogen) atoms. The van der Waals surface area contributed by atoms with Crippen LogP contribution in [-0.2, 0) is 5.75 Å². The van der Waals surface area contributed by atoms with Gasteiger partial charge in [0, 0.05) is 0 Å². The van der Waals surface area contributed by atoms with Crippen molar-refractivity contribution in [3.8, 4) is 11.4 Å². The molecular weight excluding hydrogens is 462 g/mol. The zero-order valence-corrected chi connectivity index (χ0v) is 18.3. The van der Waals surface area contributed by atoms with Gasteiger partial charge in [0.1, 0.15) is 11.6 Å². The first-order valence-electron chi connectivity index (χ1n) is 10.2. The fourth-order valence-corrected chi connectivity index (χ4v) is 4.43. The van der Waals surface area contributed by atoms with E-state index in [4.69, 9.17) is 0 Å². The molecule has 0 saturated heterocycles. The number of para-hydroxylation sites is 2. The van der Waals surface area contributed by atoms with E-state index in [1.54, 1.807) is 48.5 Å². The van der Waals surface area contributed by atoms with E-state index in [-0.39, 0.29) is 22.6 Å². The number of halogens is 2. The molecule has 3 aromatic carbocycles. The van der Waals surface area contributed by atoms with Crippen LogP contribution in [0.4, 0.5) is 8.78 Å². The summed E-state index contributed by atoms with van der Waals surface area (Å²) in [6.45, 7) is -2.95. The number of nitrogens with one attached hydrogen (secondary N) is 1. The van der Waals surface area contributed by atoms with Crippen molar-refractivity contribution in [3.63, 3.8) is 0 Å². The minimum atomic E-state index is -2.95. The summed E-state index contributed by atoms with van der Waals surface area (Å²) in [5, 5.41) is 1.27. The molecule has 0 saturated carbocycles. The van der Waals surface area contributed by atoms with Crippen molar-refractivity contribution in [2.24, 2.45) is 0 Å². The molecule has 0 bridgehead atoms. The van der Waals surface area contributed by atoms with Crippen molar-refractivity contribution in [2.75, 3.05) is 0 Å². The second-order valence-electron chi connectivity index (χ2n) is 7.24. The first-order valence-corrected chi connectivity index (χ1v) is 11.2. The van der Waals surface area contributed by atoms with Crippen molar-refractivity contribution < 1.29 is 13.5 Å². The standard InChI is InChI=1S/C24H16F2N4O3S/c25-23(26)33-15-11-9-14(10-12-15)30-22(32)17-6-2-4-8-19(17)28-24(30)34-13-20-27-18-7-3-1-5-16(18)21(31)29-20/h1-12,23H,13H2,(H,27,29,31). The predicted molar refractivity (Wildman–Crippen MR) is 126 cm³/mol. The third kappa shape index (κ3) is 4.27. The van der Waals surface area contributed by atoms with Crippen molar-refractivity contribution in [1.82, 2.24) is 19.5 Å². The van der Waals surface area contributed by atoms with E-state index in [1.807, 2.05) is 0 Å². The van der Waals surface area contributed by atoms with Crippen molar-refractivity contribution in [3.05, 3.63) is 99.3 Å². The van der Waals surface area contributed by atoms with Crippen LogP contribution >= 0.6 is 11.8 Å². The van der Waals surface area contributed by atoms with Gasteiger partial charge in [-0.25, -0.2) is 9.97 Å². The summed E-state index contributed by atoms with van der Waals surface area (Å²) < 4.78 is 30.8. The van der Waals surface area contributed by atoms with E-state index >= 15 is 0 Å². The van der Waals surface area contributed by atoms with Crippen LogP contribution in [0.2, 0.25) is 0 Å². The summed E-state index contributed by atoms with van der Waals surface area (Å²) >= 11 is 1.22. The molecule has 0 spiro atoms. The monoisotopic (exact) mass is 478 g/mol. The lowest BCUT2D eigenvalue weighted by molar-refractivity contribution is -0.0498. The number of hydrogen-bond donors (Lipinski definition) is 1. The Balaban J connectivity index is 1.56. The number of ether oxygens (including phenoxy) is 1. The Labute approximate surface area is 195 Å². The molecule has 170 valence electrons. The van der Waals surface area contributed by atoms with Crippen LogP contribution in [-0.4, -0.2) is 26.1 Å². The number of hydrogen-bond acceptors (Lipinski definition) is 6. The average Bonchev–Trinajstić information content (AvgIpc) is 2.83. The van der Waals surface area contributed by atoms with Crippen LogP contribution in [0.5, 0.6) is 5.75 Å². The summed E-state index contributed by atoms with van der Waals surface area (Å²) in [7, 11) is 0. The summed E-state index contributed by atoms with van der Waals surface area (Å²) in [6.07, 6.45) is 0. The third-order valence-corrected chi connectivity index (χ3v) is 6.01. The van der Waals surface area contributed by atoms with Crippen LogP contribution in [0.15, 0.2) is 87.5 Å². The molecule has 5 aromatic rings. The van der Waals surface area contributed by atoms with Gasteiger partial charge in [0.15, 0.2) is 5.16 Å². The number of H-pyrrole nitrogens is 1. The zero-order chi connectivity index (χ0) is 23.7. The molecule has 2 heterocycles. The number of benzene rings is 3. The van der Waals surface area contributed by atoms with Gasteiger partial charge in [0.2, 0.25) is 0 Å². The van der Waals surface area contributed by atoms with Gasteiger partial charge < -0.3 is 9.72 Å². The van der Waals surface area contributed by atoms with E-state index in [2.05, 4.69) is 19.7 Å². The number of fused-ring (bicyclic) bond motifs is 2. The highest BCUT2D eigenvalue weighted by Gasteiger charge is 2.15. The topological polar surface area (TPSA) is 89.9 Å². The van der Waals surface area contributed by atoms with Gasteiger partial charge in [0.25, 0.3) is 11.1 Å². The molecule has 10 heteroatoms. The molecule has 0 amide bonds. The second kappa shape index (κ2) is 9.06. The van der Waals surface area contributed by atoms with E-state index in [1.165, 1.54) is 40.6 Å². The lowest BCUT2D eigenvalue weighted by Gasteiger charge is -2.14. The Kier molecular flexibility index (Phi) is 5.81. The maximum absolute atomic E-state index is 13.3. The second-order valence-corrected chi connectivity index (χ2v) is 8.19. The first kappa shape index (κ1) is 21.8. The number of aromatic nitrogens is 4. The van der Waals surface area contributed by atoms with Crippen molar-refractivity contribution in [1.29, 1.82) is 0 Å². The highest BCUT2D eigenvalue weighted by molar-refractivity contribution is 7.98. The van der Waals surface area contributed by atoms with Gasteiger partial charge in [-0.05, 0) is 48.5 Å². The van der Waals surface area contributed by atoms with Crippen LogP contribution in [0.25, 0.3) is 27.5 Å². The lowest BCUT2D eigenvalue weighted by atomic mass is 10.2. The fraction of sp³-hybridized carbons (Fsp3) is 0.0833. The molecule has 5 rings (SSSR count). The number of aromatic amines is 1. The number of alkyl halides is 2. The lowest BCUT2D eigenvalue weighted by Crippen LogP contribution is -2.22. The van der Waals surface area contributed by atoms with Crippen LogP contribution in [0, 0.1) is 0 Å². The Morgan fingerprint density at radius 1 is 0.882 bits per heavy atom. The summed E-state index contributed by atoms with van der Waals surface area (Å²) in [5.74, 6) is 0.660. The number of rotatable bonds is 6. The summed E-state index contributed by atoms with van der Waals surface area (Å²) in [4.78, 5) is 37.6. The number of thioether (sulfide) groups is 1. The average molecular weight is 478 g/mol. The Bertz CT molecular complexity index is 1620. The summed E-state index contributed by atoms with van der Waals surface area (Å²) in [6, 6.07) is 19.7. The Morgan fingerprint density at radius 3 is 2.24 bits per heavy atom. The first-order chi connectivity index (χ1) is 16.5. The normalized spacial score (nSPS) is 11.4. The van der Waals surface area contributed by atoms with E-state index in [9.17, 15) is 18.4 Å². The van der Waals surface area contributed by atoms with Crippen LogP contribution in [0.1, 0.15) is 5.82 Å². The molecule has 0 unspecified atom stereocenters. The van der Waals surface area contributed by atoms with Crippen LogP contribution < -0.4 is 15.9 Å². The van der Waals surface area contributed by atoms with Gasteiger partial charge in [-0.1, -0.05) is 36.0 Å². The van der Waals surface area contributed by atoms with E-state index in [0.29, 0.717) is 38.5 Å². The molecule has 2 aromatic heterocycles.